The Balaban J connectivity index is 1.55. The molecule has 41 heavy (non-hydrogen) atoms. The van der Waals surface area contributed by atoms with Gasteiger partial charge in [-0.05, 0) is 61.4 Å². The predicted molar refractivity (Wildman–Crippen MR) is 151 cm³/mol. The molecule has 0 spiro atoms. The molecule has 0 aliphatic carbocycles. The van der Waals surface area contributed by atoms with E-state index in [1.165, 1.54) is 40.2 Å². The molecular formula is C31H25FN2O6S. The number of carboxylic acid groups (broad SMARTS) is 1. The van der Waals surface area contributed by atoms with Gasteiger partial charge in [-0.3, -0.25) is 9.36 Å². The molecule has 1 atom stereocenters. The number of ether oxygens (including phenoxy) is 2. The third-order valence-corrected chi connectivity index (χ3v) is 7.49. The fourth-order valence-electron chi connectivity index (χ4n) is 4.53. The molecular weight excluding hydrogens is 547 g/mol. The highest BCUT2D eigenvalue weighted by Crippen LogP contribution is 2.31. The molecule has 0 saturated carbocycles. The van der Waals surface area contributed by atoms with Crippen LogP contribution in [0.25, 0.3) is 6.08 Å². The Hall–Kier alpha value is -4.83. The molecule has 1 aliphatic heterocycles. The van der Waals surface area contributed by atoms with Gasteiger partial charge in [-0.2, -0.15) is 0 Å². The zero-order valence-electron chi connectivity index (χ0n) is 22.2. The van der Waals surface area contributed by atoms with Crippen molar-refractivity contribution in [1.29, 1.82) is 0 Å². The number of fused-ring (bicyclic) bond motifs is 1. The standard InChI is InChI=1S/C31H25FN2O6S/c1-3-39-30(38)26-18(2)33-31-34(27(26)20-12-14-23(32)15-13-20)28(35)25(41-31)16-22-6-4-5-7-24(22)40-17-19-8-10-21(11-9-19)29(36)37/h4-16,27H,3,17H2,1-2H3,(H,36,37)/b25-16-/t27-/m1/s1. The summed E-state index contributed by atoms with van der Waals surface area (Å²) in [5, 5.41) is 9.11. The summed E-state index contributed by atoms with van der Waals surface area (Å²) < 4.78 is 26.9. The first kappa shape index (κ1) is 27.7. The van der Waals surface area contributed by atoms with Crippen molar-refractivity contribution in [2.45, 2.75) is 26.5 Å². The number of para-hydroxylation sites is 1. The molecule has 2 heterocycles. The Bertz CT molecular complexity index is 1840. The van der Waals surface area contributed by atoms with E-state index in [0.717, 1.165) is 5.56 Å². The summed E-state index contributed by atoms with van der Waals surface area (Å²) in [5.74, 6) is -1.50. The molecule has 208 valence electrons. The highest BCUT2D eigenvalue weighted by atomic mass is 32.1. The second-order valence-electron chi connectivity index (χ2n) is 9.18. The average molecular weight is 573 g/mol. The van der Waals surface area contributed by atoms with Gasteiger partial charge in [-0.15, -0.1) is 0 Å². The number of esters is 1. The second-order valence-corrected chi connectivity index (χ2v) is 10.2. The SMILES string of the molecule is CCOC(=O)C1=C(C)N=c2s/c(=C\c3ccccc3OCc3ccc(C(=O)O)cc3)c(=O)n2[C@@H]1c1ccc(F)cc1. The largest absolute Gasteiger partial charge is 0.488 e. The molecule has 0 fully saturated rings. The van der Waals surface area contributed by atoms with Gasteiger partial charge in [0.25, 0.3) is 5.56 Å². The van der Waals surface area contributed by atoms with Crippen LogP contribution in [0.3, 0.4) is 0 Å². The Morgan fingerprint density at radius 2 is 1.78 bits per heavy atom. The molecule has 0 bridgehead atoms. The van der Waals surface area contributed by atoms with E-state index in [-0.39, 0.29) is 29.9 Å². The van der Waals surface area contributed by atoms with Gasteiger partial charge in [0.05, 0.1) is 34.0 Å². The summed E-state index contributed by atoms with van der Waals surface area (Å²) >= 11 is 1.17. The summed E-state index contributed by atoms with van der Waals surface area (Å²) in [7, 11) is 0. The molecule has 0 radical (unpaired) electrons. The minimum Gasteiger partial charge on any atom is -0.488 e. The third kappa shape index (κ3) is 5.73. The quantitative estimate of drug-likeness (QED) is 0.317. The Kier molecular flexibility index (Phi) is 7.93. The van der Waals surface area contributed by atoms with Crippen molar-refractivity contribution in [1.82, 2.24) is 4.57 Å². The number of carboxylic acids is 1. The number of carbonyl (C=O) groups is 2. The van der Waals surface area contributed by atoms with Crippen molar-refractivity contribution in [3.05, 3.63) is 132 Å². The lowest BCUT2D eigenvalue weighted by Gasteiger charge is -2.24. The number of hydrogen-bond acceptors (Lipinski definition) is 7. The fraction of sp³-hybridized carbons (Fsp3) is 0.161. The molecule has 1 aromatic heterocycles. The lowest BCUT2D eigenvalue weighted by Crippen LogP contribution is -2.39. The van der Waals surface area contributed by atoms with Crippen LogP contribution >= 0.6 is 11.3 Å². The molecule has 8 nitrogen and oxygen atoms in total. The number of thiazole rings is 1. The van der Waals surface area contributed by atoms with Gasteiger partial charge in [0.2, 0.25) is 0 Å². The number of carbonyl (C=O) groups excluding carboxylic acids is 1. The van der Waals surface area contributed by atoms with Crippen LogP contribution in [0, 0.1) is 5.82 Å². The smallest absolute Gasteiger partial charge is 0.338 e. The van der Waals surface area contributed by atoms with Crippen molar-refractivity contribution in [2.24, 2.45) is 4.99 Å². The van der Waals surface area contributed by atoms with Crippen LogP contribution in [-0.4, -0.2) is 28.2 Å². The van der Waals surface area contributed by atoms with Crippen molar-refractivity contribution in [3.63, 3.8) is 0 Å². The second kappa shape index (κ2) is 11.7. The van der Waals surface area contributed by atoms with Crippen LogP contribution in [0.4, 0.5) is 4.39 Å². The highest BCUT2D eigenvalue weighted by Gasteiger charge is 2.33. The van der Waals surface area contributed by atoms with Gasteiger partial charge < -0.3 is 14.6 Å². The molecule has 0 unspecified atom stereocenters. The van der Waals surface area contributed by atoms with Crippen LogP contribution < -0.4 is 19.6 Å². The minimum absolute atomic E-state index is 0.149. The van der Waals surface area contributed by atoms with Gasteiger partial charge in [0.15, 0.2) is 4.80 Å². The number of aromatic nitrogens is 1. The molecule has 4 aromatic rings. The first-order valence-electron chi connectivity index (χ1n) is 12.8. The van der Waals surface area contributed by atoms with E-state index in [0.29, 0.717) is 31.9 Å². The maximum absolute atomic E-state index is 13.8. The molecule has 1 aliphatic rings. The van der Waals surface area contributed by atoms with Crippen LogP contribution in [0.15, 0.2) is 93.9 Å². The van der Waals surface area contributed by atoms with Crippen molar-refractivity contribution >= 4 is 29.4 Å². The van der Waals surface area contributed by atoms with Crippen LogP contribution in [-0.2, 0) is 16.1 Å². The van der Waals surface area contributed by atoms with Crippen molar-refractivity contribution in [3.8, 4) is 5.75 Å². The summed E-state index contributed by atoms with van der Waals surface area (Å²) in [5.41, 5.74) is 2.44. The number of rotatable bonds is 8. The Morgan fingerprint density at radius 1 is 1.07 bits per heavy atom. The van der Waals surface area contributed by atoms with E-state index < -0.39 is 23.8 Å². The summed E-state index contributed by atoms with van der Waals surface area (Å²) in [6.07, 6.45) is 1.71. The number of halogens is 1. The summed E-state index contributed by atoms with van der Waals surface area (Å²) in [4.78, 5) is 42.9. The van der Waals surface area contributed by atoms with E-state index >= 15 is 0 Å². The van der Waals surface area contributed by atoms with Gasteiger partial charge in [0.1, 0.15) is 18.2 Å². The monoisotopic (exact) mass is 572 g/mol. The van der Waals surface area contributed by atoms with E-state index in [2.05, 4.69) is 4.99 Å². The molecule has 5 rings (SSSR count). The summed E-state index contributed by atoms with van der Waals surface area (Å²) in [6.45, 7) is 3.72. The van der Waals surface area contributed by atoms with Gasteiger partial charge >= 0.3 is 11.9 Å². The van der Waals surface area contributed by atoms with Crippen molar-refractivity contribution in [2.75, 3.05) is 6.61 Å². The topological polar surface area (TPSA) is 107 Å². The number of nitrogens with zero attached hydrogens (tertiary/aromatic N) is 2. The predicted octanol–water partition coefficient (Wildman–Crippen LogP) is 4.21. The normalized spacial score (nSPS) is 14.8. The molecule has 0 amide bonds. The number of benzene rings is 3. The van der Waals surface area contributed by atoms with E-state index in [1.54, 1.807) is 50.3 Å². The summed E-state index contributed by atoms with van der Waals surface area (Å²) in [6, 6.07) is 18.4. The zero-order valence-corrected chi connectivity index (χ0v) is 23.0. The van der Waals surface area contributed by atoms with Gasteiger partial charge in [-0.1, -0.05) is 53.8 Å². The number of aromatic carboxylic acids is 1. The van der Waals surface area contributed by atoms with Gasteiger partial charge in [-0.25, -0.2) is 19.0 Å². The first-order valence-corrected chi connectivity index (χ1v) is 13.6. The van der Waals surface area contributed by atoms with E-state index in [9.17, 15) is 18.8 Å². The van der Waals surface area contributed by atoms with E-state index in [4.69, 9.17) is 14.6 Å². The lowest BCUT2D eigenvalue weighted by atomic mass is 9.96. The number of allylic oxidation sites excluding steroid dienone is 1. The lowest BCUT2D eigenvalue weighted by molar-refractivity contribution is -0.139. The van der Waals surface area contributed by atoms with Crippen LogP contribution in [0.5, 0.6) is 5.75 Å². The Morgan fingerprint density at radius 3 is 2.46 bits per heavy atom. The molecule has 1 N–H and O–H groups in total. The number of hydrogen-bond donors (Lipinski definition) is 1. The molecule has 10 heteroatoms. The Labute approximate surface area is 238 Å². The van der Waals surface area contributed by atoms with Gasteiger partial charge in [0, 0.05) is 5.56 Å². The van der Waals surface area contributed by atoms with Crippen LogP contribution in [0.1, 0.15) is 46.9 Å². The minimum atomic E-state index is -1.00. The van der Waals surface area contributed by atoms with Crippen molar-refractivity contribution < 1.29 is 28.6 Å². The average Bonchev–Trinajstić information content (AvgIpc) is 3.26. The highest BCUT2D eigenvalue weighted by molar-refractivity contribution is 7.07. The molecule has 3 aromatic carbocycles. The molecule has 0 saturated heterocycles. The maximum Gasteiger partial charge on any atom is 0.338 e. The zero-order chi connectivity index (χ0) is 29.1. The van der Waals surface area contributed by atoms with E-state index in [1.807, 2.05) is 18.2 Å². The van der Waals surface area contributed by atoms with Crippen LogP contribution in [0.2, 0.25) is 0 Å². The third-order valence-electron chi connectivity index (χ3n) is 6.50. The fourth-order valence-corrected chi connectivity index (χ4v) is 5.57. The first-order chi connectivity index (χ1) is 19.8. The maximum atomic E-state index is 13.8.